The molecule has 0 atom stereocenters. The number of hydrogen-bond acceptors (Lipinski definition) is 3. The predicted octanol–water partition coefficient (Wildman–Crippen LogP) is 5.10. The van der Waals surface area contributed by atoms with E-state index in [1.165, 1.54) is 64.2 Å². The molecule has 0 aromatic carbocycles. The van der Waals surface area contributed by atoms with Crippen molar-refractivity contribution in [2.45, 2.75) is 96.8 Å². The van der Waals surface area contributed by atoms with Gasteiger partial charge in [0.25, 0.3) is 0 Å². The first-order valence-corrected chi connectivity index (χ1v) is 9.04. The number of rotatable bonds is 16. The van der Waals surface area contributed by atoms with Crippen LogP contribution in [0.2, 0.25) is 0 Å². The van der Waals surface area contributed by atoms with E-state index in [-0.39, 0.29) is 12.8 Å². The van der Waals surface area contributed by atoms with E-state index in [0.29, 0.717) is 6.61 Å². The van der Waals surface area contributed by atoms with Gasteiger partial charge in [0.1, 0.15) is 0 Å². The molecule has 0 unspecified atom stereocenters. The zero-order valence-corrected chi connectivity index (χ0v) is 14.3. The van der Waals surface area contributed by atoms with Gasteiger partial charge in [-0.25, -0.2) is 0 Å². The number of hydrogen-bond donors (Lipinski definition) is 1. The first-order valence-electron chi connectivity index (χ1n) is 9.04. The molecule has 0 aliphatic heterocycles. The van der Waals surface area contributed by atoms with Crippen molar-refractivity contribution in [3.63, 3.8) is 0 Å². The van der Waals surface area contributed by atoms with Gasteiger partial charge in [0.2, 0.25) is 0 Å². The third-order valence-corrected chi connectivity index (χ3v) is 3.80. The highest BCUT2D eigenvalue weighted by atomic mass is 16.5. The second-order valence-electron chi connectivity index (χ2n) is 6.00. The highest BCUT2D eigenvalue weighted by Crippen LogP contribution is 2.11. The Morgan fingerprint density at radius 3 is 1.64 bits per heavy atom. The lowest BCUT2D eigenvalue weighted by Gasteiger charge is -2.04. The fourth-order valence-electron chi connectivity index (χ4n) is 2.41. The summed E-state index contributed by atoms with van der Waals surface area (Å²) in [5.74, 6) is -1.35. The van der Waals surface area contributed by atoms with Crippen molar-refractivity contribution >= 4 is 11.9 Å². The maximum Gasteiger partial charge on any atom is 0.306 e. The van der Waals surface area contributed by atoms with Crippen molar-refractivity contribution in [1.82, 2.24) is 0 Å². The average molecular weight is 314 g/mol. The van der Waals surface area contributed by atoms with Gasteiger partial charge in [-0.05, 0) is 6.42 Å². The first-order chi connectivity index (χ1) is 10.7. The van der Waals surface area contributed by atoms with Crippen LogP contribution >= 0.6 is 0 Å². The molecular formula is C18H34O4. The standard InChI is InChI=1S/C18H34O4/c1-2-3-4-5-6-7-8-9-10-11-12-13-16-22-18(21)15-14-17(19)20/h2-16H2,1H3,(H,19,20). The Kier molecular flexibility index (Phi) is 15.5. The molecule has 22 heavy (non-hydrogen) atoms. The zero-order chi connectivity index (χ0) is 16.5. The molecule has 4 heteroatoms. The molecule has 0 aliphatic carbocycles. The number of unbranched alkanes of at least 4 members (excludes halogenated alkanes) is 11. The van der Waals surface area contributed by atoms with E-state index in [1.807, 2.05) is 0 Å². The summed E-state index contributed by atoms with van der Waals surface area (Å²) in [4.78, 5) is 21.4. The van der Waals surface area contributed by atoms with Crippen LogP contribution in [0.1, 0.15) is 96.8 Å². The maximum atomic E-state index is 11.2. The van der Waals surface area contributed by atoms with E-state index in [4.69, 9.17) is 9.84 Å². The molecule has 0 aliphatic rings. The van der Waals surface area contributed by atoms with E-state index in [2.05, 4.69) is 6.92 Å². The van der Waals surface area contributed by atoms with E-state index in [0.717, 1.165) is 12.8 Å². The highest BCUT2D eigenvalue weighted by molar-refractivity contribution is 5.76. The Morgan fingerprint density at radius 2 is 1.18 bits per heavy atom. The van der Waals surface area contributed by atoms with Crippen molar-refractivity contribution in [2.24, 2.45) is 0 Å². The highest BCUT2D eigenvalue weighted by Gasteiger charge is 2.05. The summed E-state index contributed by atoms with van der Waals surface area (Å²) in [6.07, 6.45) is 15.1. The van der Waals surface area contributed by atoms with Gasteiger partial charge in [0.15, 0.2) is 0 Å². The van der Waals surface area contributed by atoms with Gasteiger partial charge >= 0.3 is 11.9 Å². The lowest BCUT2D eigenvalue weighted by molar-refractivity contribution is -0.147. The van der Waals surface area contributed by atoms with Gasteiger partial charge in [-0.15, -0.1) is 0 Å². The van der Waals surface area contributed by atoms with Crippen molar-refractivity contribution < 1.29 is 19.4 Å². The second kappa shape index (κ2) is 16.3. The molecule has 0 heterocycles. The monoisotopic (exact) mass is 314 g/mol. The molecular weight excluding hydrogens is 280 g/mol. The largest absolute Gasteiger partial charge is 0.481 e. The summed E-state index contributed by atoms with van der Waals surface area (Å²) >= 11 is 0. The molecule has 0 aromatic rings. The van der Waals surface area contributed by atoms with Crippen LogP contribution in [0.4, 0.5) is 0 Å². The normalized spacial score (nSPS) is 10.6. The third-order valence-electron chi connectivity index (χ3n) is 3.80. The Bertz CT molecular complexity index is 276. The van der Waals surface area contributed by atoms with Crippen LogP contribution in [0.5, 0.6) is 0 Å². The van der Waals surface area contributed by atoms with Gasteiger partial charge < -0.3 is 9.84 Å². The van der Waals surface area contributed by atoms with Gasteiger partial charge in [0, 0.05) is 0 Å². The number of carboxylic acids is 1. The van der Waals surface area contributed by atoms with E-state index < -0.39 is 11.9 Å². The Hall–Kier alpha value is -1.06. The molecule has 1 N–H and O–H groups in total. The van der Waals surface area contributed by atoms with Crippen molar-refractivity contribution in [1.29, 1.82) is 0 Å². The van der Waals surface area contributed by atoms with E-state index >= 15 is 0 Å². The van der Waals surface area contributed by atoms with Gasteiger partial charge in [0.05, 0.1) is 19.4 Å². The molecule has 0 saturated heterocycles. The van der Waals surface area contributed by atoms with E-state index in [9.17, 15) is 9.59 Å². The van der Waals surface area contributed by atoms with Crippen LogP contribution < -0.4 is 0 Å². The molecule has 0 aromatic heterocycles. The summed E-state index contributed by atoms with van der Waals surface area (Å²) in [5, 5.41) is 8.44. The number of carbonyl (C=O) groups is 2. The van der Waals surface area contributed by atoms with E-state index in [1.54, 1.807) is 0 Å². The Morgan fingerprint density at radius 1 is 0.727 bits per heavy atom. The molecule has 4 nitrogen and oxygen atoms in total. The van der Waals surface area contributed by atoms with Gasteiger partial charge in [-0.2, -0.15) is 0 Å². The minimum atomic E-state index is -0.956. The lowest BCUT2D eigenvalue weighted by Crippen LogP contribution is -2.08. The maximum absolute atomic E-state index is 11.2. The number of aliphatic carboxylic acids is 1. The Balaban J connectivity index is 3.11. The fraction of sp³-hybridized carbons (Fsp3) is 0.889. The van der Waals surface area contributed by atoms with Gasteiger partial charge in [-0.1, -0.05) is 77.6 Å². The van der Waals surface area contributed by atoms with Crippen LogP contribution in [-0.2, 0) is 14.3 Å². The van der Waals surface area contributed by atoms with Crippen molar-refractivity contribution in [3.8, 4) is 0 Å². The predicted molar refractivity (Wildman–Crippen MR) is 88.9 cm³/mol. The minimum absolute atomic E-state index is 0.0202. The molecule has 0 rings (SSSR count). The molecule has 0 bridgehead atoms. The van der Waals surface area contributed by atoms with Crippen LogP contribution in [0, 0.1) is 0 Å². The fourth-order valence-corrected chi connectivity index (χ4v) is 2.41. The summed E-state index contributed by atoms with van der Waals surface area (Å²) in [7, 11) is 0. The summed E-state index contributed by atoms with van der Waals surface area (Å²) in [6.45, 7) is 2.67. The molecule has 130 valence electrons. The topological polar surface area (TPSA) is 63.6 Å². The van der Waals surface area contributed by atoms with Crippen LogP contribution in [0.15, 0.2) is 0 Å². The van der Waals surface area contributed by atoms with Gasteiger partial charge in [-0.3, -0.25) is 9.59 Å². The molecule has 0 spiro atoms. The number of ether oxygens (including phenoxy) is 1. The third kappa shape index (κ3) is 17.0. The van der Waals surface area contributed by atoms with Crippen LogP contribution in [0.3, 0.4) is 0 Å². The lowest BCUT2D eigenvalue weighted by atomic mass is 10.1. The summed E-state index contributed by atoms with van der Waals surface area (Å²) < 4.78 is 4.98. The smallest absolute Gasteiger partial charge is 0.306 e. The average Bonchev–Trinajstić information content (AvgIpc) is 2.49. The SMILES string of the molecule is CCCCCCCCCCCCCCOC(=O)CCC(=O)O. The van der Waals surface area contributed by atoms with Crippen LogP contribution in [0.25, 0.3) is 0 Å². The number of carbonyl (C=O) groups excluding carboxylic acids is 1. The Labute approximate surface area is 135 Å². The molecule has 0 radical (unpaired) electrons. The number of carboxylic acid groups (broad SMARTS) is 1. The zero-order valence-electron chi connectivity index (χ0n) is 14.3. The minimum Gasteiger partial charge on any atom is -0.481 e. The molecule has 0 fully saturated rings. The summed E-state index contributed by atoms with van der Waals surface area (Å²) in [5.41, 5.74) is 0. The molecule has 0 saturated carbocycles. The molecule has 0 amide bonds. The van der Waals surface area contributed by atoms with Crippen molar-refractivity contribution in [2.75, 3.05) is 6.61 Å². The van der Waals surface area contributed by atoms with Crippen LogP contribution in [-0.4, -0.2) is 23.7 Å². The first kappa shape index (κ1) is 20.9. The second-order valence-corrected chi connectivity index (χ2v) is 6.00. The van der Waals surface area contributed by atoms with Crippen molar-refractivity contribution in [3.05, 3.63) is 0 Å². The summed E-state index contributed by atoms with van der Waals surface area (Å²) in [6, 6.07) is 0. The number of esters is 1. The quantitative estimate of drug-likeness (QED) is 0.318.